The molecule has 2 atom stereocenters. The molecule has 1 fully saturated rings. The van der Waals surface area contributed by atoms with Crippen LogP contribution in [-0.2, 0) is 19.1 Å². The smallest absolute Gasteiger partial charge is 0.323 e. The number of nitrogens with one attached hydrogen (secondary N) is 1. The summed E-state index contributed by atoms with van der Waals surface area (Å²) in [6.45, 7) is 4.84. The molecular weight excluding hydrogens is 210 g/mol. The van der Waals surface area contributed by atoms with Crippen LogP contribution in [0.3, 0.4) is 0 Å². The van der Waals surface area contributed by atoms with E-state index in [0.717, 1.165) is 0 Å². The maximum atomic E-state index is 11.4. The fourth-order valence-electron chi connectivity index (χ4n) is 1.76. The molecule has 0 spiro atoms. The summed E-state index contributed by atoms with van der Waals surface area (Å²) in [6, 6.07) is -0.273. The van der Waals surface area contributed by atoms with Crippen LogP contribution >= 0.6 is 0 Å². The lowest BCUT2D eigenvalue weighted by Gasteiger charge is -2.27. The van der Waals surface area contributed by atoms with Crippen LogP contribution in [0.2, 0.25) is 0 Å². The number of esters is 2. The van der Waals surface area contributed by atoms with Crippen molar-refractivity contribution in [3.05, 3.63) is 0 Å². The second-order valence-electron chi connectivity index (χ2n) is 3.74. The van der Waals surface area contributed by atoms with Gasteiger partial charge in [-0.15, -0.1) is 0 Å². The zero-order chi connectivity index (χ0) is 12.0. The average molecular weight is 229 g/mol. The Labute approximate surface area is 95.5 Å². The molecule has 1 N–H and O–H groups in total. The molecule has 1 rings (SSSR count). The van der Waals surface area contributed by atoms with Crippen LogP contribution in [0.1, 0.15) is 26.7 Å². The fourth-order valence-corrected chi connectivity index (χ4v) is 1.76. The quantitative estimate of drug-likeness (QED) is 0.710. The summed E-state index contributed by atoms with van der Waals surface area (Å²) < 4.78 is 9.84. The molecular formula is C11H19NO4. The highest BCUT2D eigenvalue weighted by Gasteiger charge is 2.30. The summed E-state index contributed by atoms with van der Waals surface area (Å²) in [4.78, 5) is 22.8. The lowest BCUT2D eigenvalue weighted by Crippen LogP contribution is -2.46. The van der Waals surface area contributed by atoms with Gasteiger partial charge in [0.05, 0.1) is 19.1 Å². The first-order valence-electron chi connectivity index (χ1n) is 5.75. The van der Waals surface area contributed by atoms with Gasteiger partial charge in [-0.3, -0.25) is 9.59 Å². The van der Waals surface area contributed by atoms with E-state index in [1.54, 1.807) is 13.8 Å². The molecule has 0 aromatic heterocycles. The summed E-state index contributed by atoms with van der Waals surface area (Å²) in [5, 5.41) is 3.02. The van der Waals surface area contributed by atoms with Crippen LogP contribution < -0.4 is 5.32 Å². The summed E-state index contributed by atoms with van der Waals surface area (Å²) in [5.74, 6) is -0.548. The summed E-state index contributed by atoms with van der Waals surface area (Å²) in [6.07, 6.45) is 1.30. The van der Waals surface area contributed by atoms with Crippen molar-refractivity contribution in [1.29, 1.82) is 0 Å². The highest BCUT2D eigenvalue weighted by Crippen LogP contribution is 2.16. The minimum absolute atomic E-state index is 0.134. The fraction of sp³-hybridized carbons (Fsp3) is 0.818. The lowest BCUT2D eigenvalue weighted by molar-refractivity contribution is -0.152. The molecule has 1 aliphatic heterocycles. The van der Waals surface area contributed by atoms with Crippen LogP contribution in [0.4, 0.5) is 0 Å². The highest BCUT2D eigenvalue weighted by molar-refractivity contribution is 5.77. The zero-order valence-corrected chi connectivity index (χ0v) is 9.82. The standard InChI is InChI=1S/C11H19NO4/c1-3-15-10(13)8-5-6-9(12-7-8)11(14)16-4-2/h8-9,12H,3-7H2,1-2H3. The first-order valence-corrected chi connectivity index (χ1v) is 5.75. The minimum atomic E-state index is -0.273. The molecule has 5 heteroatoms. The normalized spacial score (nSPS) is 24.9. The van der Waals surface area contributed by atoms with Crippen molar-refractivity contribution < 1.29 is 19.1 Å². The second-order valence-corrected chi connectivity index (χ2v) is 3.74. The van der Waals surface area contributed by atoms with E-state index in [-0.39, 0.29) is 23.9 Å². The Morgan fingerprint density at radius 1 is 1.12 bits per heavy atom. The van der Waals surface area contributed by atoms with Gasteiger partial charge in [-0.25, -0.2) is 0 Å². The Morgan fingerprint density at radius 3 is 2.25 bits per heavy atom. The third kappa shape index (κ3) is 3.48. The maximum Gasteiger partial charge on any atom is 0.323 e. The van der Waals surface area contributed by atoms with Crippen molar-refractivity contribution in [3.63, 3.8) is 0 Å². The first kappa shape index (κ1) is 13.0. The molecule has 1 aliphatic rings. The molecule has 1 heterocycles. The molecule has 0 aromatic carbocycles. The van der Waals surface area contributed by atoms with E-state index in [1.807, 2.05) is 0 Å². The summed E-state index contributed by atoms with van der Waals surface area (Å²) >= 11 is 0. The molecule has 0 bridgehead atoms. The van der Waals surface area contributed by atoms with Gasteiger partial charge >= 0.3 is 11.9 Å². The van der Waals surface area contributed by atoms with Gasteiger partial charge in [0.15, 0.2) is 0 Å². The molecule has 92 valence electrons. The molecule has 0 aliphatic carbocycles. The van der Waals surface area contributed by atoms with Crippen molar-refractivity contribution in [3.8, 4) is 0 Å². The Kier molecular flexibility index (Phi) is 5.25. The van der Waals surface area contributed by atoms with Gasteiger partial charge in [0.1, 0.15) is 6.04 Å². The number of piperidine rings is 1. The molecule has 0 aromatic rings. The van der Waals surface area contributed by atoms with Crippen LogP contribution in [0.15, 0.2) is 0 Å². The van der Waals surface area contributed by atoms with Crippen LogP contribution in [0, 0.1) is 5.92 Å². The van der Waals surface area contributed by atoms with Gasteiger partial charge in [-0.05, 0) is 26.7 Å². The van der Waals surface area contributed by atoms with E-state index in [4.69, 9.17) is 9.47 Å². The molecule has 0 saturated carbocycles. The molecule has 0 amide bonds. The van der Waals surface area contributed by atoms with Crippen LogP contribution in [0.5, 0.6) is 0 Å². The largest absolute Gasteiger partial charge is 0.466 e. The molecule has 0 radical (unpaired) electrons. The van der Waals surface area contributed by atoms with Crippen molar-refractivity contribution in [2.24, 2.45) is 5.92 Å². The lowest BCUT2D eigenvalue weighted by atomic mass is 9.95. The van der Waals surface area contributed by atoms with Gasteiger partial charge in [-0.2, -0.15) is 0 Å². The number of hydrogen-bond acceptors (Lipinski definition) is 5. The molecule has 2 unspecified atom stereocenters. The third-order valence-corrected chi connectivity index (χ3v) is 2.61. The van der Waals surface area contributed by atoms with Crippen molar-refractivity contribution >= 4 is 11.9 Å². The van der Waals surface area contributed by atoms with E-state index < -0.39 is 0 Å². The number of carbonyl (C=O) groups excluding carboxylic acids is 2. The predicted octanol–water partition coefficient (Wildman–Crippen LogP) is 0.481. The number of carbonyl (C=O) groups is 2. The van der Waals surface area contributed by atoms with Crippen molar-refractivity contribution in [1.82, 2.24) is 5.32 Å². The SMILES string of the molecule is CCOC(=O)C1CCC(C(=O)OCC)NC1. The van der Waals surface area contributed by atoms with Gasteiger partial charge in [0, 0.05) is 6.54 Å². The van der Waals surface area contributed by atoms with Crippen molar-refractivity contribution in [2.75, 3.05) is 19.8 Å². The van der Waals surface area contributed by atoms with E-state index in [0.29, 0.717) is 32.6 Å². The monoisotopic (exact) mass is 229 g/mol. The molecule has 1 saturated heterocycles. The Bertz CT molecular complexity index is 220. The maximum absolute atomic E-state index is 11.4. The Hall–Kier alpha value is -1.10. The Morgan fingerprint density at radius 2 is 1.75 bits per heavy atom. The van der Waals surface area contributed by atoms with E-state index in [9.17, 15) is 9.59 Å². The van der Waals surface area contributed by atoms with Crippen LogP contribution in [-0.4, -0.2) is 37.7 Å². The van der Waals surface area contributed by atoms with Gasteiger partial charge in [0.2, 0.25) is 0 Å². The van der Waals surface area contributed by atoms with Gasteiger partial charge < -0.3 is 14.8 Å². The summed E-state index contributed by atoms with van der Waals surface area (Å²) in [7, 11) is 0. The van der Waals surface area contributed by atoms with Gasteiger partial charge in [0.25, 0.3) is 0 Å². The van der Waals surface area contributed by atoms with Crippen molar-refractivity contribution in [2.45, 2.75) is 32.7 Å². The minimum Gasteiger partial charge on any atom is -0.466 e. The predicted molar refractivity (Wildman–Crippen MR) is 57.8 cm³/mol. The average Bonchev–Trinajstić information content (AvgIpc) is 2.30. The highest BCUT2D eigenvalue weighted by atomic mass is 16.5. The van der Waals surface area contributed by atoms with Crippen LogP contribution in [0.25, 0.3) is 0 Å². The summed E-state index contributed by atoms with van der Waals surface area (Å²) in [5.41, 5.74) is 0. The topological polar surface area (TPSA) is 64.6 Å². The van der Waals surface area contributed by atoms with E-state index in [2.05, 4.69) is 5.32 Å². The first-order chi connectivity index (χ1) is 7.69. The molecule has 5 nitrogen and oxygen atoms in total. The second kappa shape index (κ2) is 6.48. The van der Waals surface area contributed by atoms with Gasteiger partial charge in [-0.1, -0.05) is 0 Å². The van der Waals surface area contributed by atoms with E-state index in [1.165, 1.54) is 0 Å². The zero-order valence-electron chi connectivity index (χ0n) is 9.82. The number of ether oxygens (including phenoxy) is 2. The number of hydrogen-bond donors (Lipinski definition) is 1. The molecule has 16 heavy (non-hydrogen) atoms. The Balaban J connectivity index is 2.33. The number of rotatable bonds is 4. The third-order valence-electron chi connectivity index (χ3n) is 2.61. The van der Waals surface area contributed by atoms with E-state index >= 15 is 0 Å².